The molecule has 5 nitrogen and oxygen atoms in total. The normalized spacial score (nSPS) is 15.7. The quantitative estimate of drug-likeness (QED) is 0.205. The number of nitrogens with zero attached hydrogens (tertiary/aromatic N) is 2. The number of benzene rings is 6. The Balaban J connectivity index is 1.10. The number of hydrogen-bond donors (Lipinski definition) is 2. The highest BCUT2D eigenvalue weighted by molar-refractivity contribution is 6.19. The second-order valence-electron chi connectivity index (χ2n) is 11.8. The first-order valence-corrected chi connectivity index (χ1v) is 15.9. The van der Waals surface area contributed by atoms with Gasteiger partial charge in [-0.2, -0.15) is 0 Å². The van der Waals surface area contributed by atoms with Gasteiger partial charge in [-0.3, -0.25) is 0 Å². The van der Waals surface area contributed by atoms with Crippen molar-refractivity contribution in [1.82, 2.24) is 5.32 Å². The second kappa shape index (κ2) is 11.3. The van der Waals surface area contributed by atoms with Crippen molar-refractivity contribution in [1.29, 1.82) is 0 Å². The standard InChI is InChI=1S/C42H30N4O/c1-3-11-29(12-4-1)39-44-40(30-13-5-2-6-14-30)46-41(45-39)35-24-23-31(33-15-7-8-16-34(33)35)27-19-21-28(22-20-27)32-25-26-43-42-38(32)36-17-9-10-18-37(36)47-42/h1-25,39,43H,26H2,(H,44,45,46). The smallest absolute Gasteiger partial charge is 0.202 e. The summed E-state index contributed by atoms with van der Waals surface area (Å²) in [6.45, 7) is 0.732. The van der Waals surface area contributed by atoms with Crippen LogP contribution in [0.1, 0.15) is 34.0 Å². The van der Waals surface area contributed by atoms with Gasteiger partial charge in [0, 0.05) is 23.1 Å². The summed E-state index contributed by atoms with van der Waals surface area (Å²) < 4.78 is 6.13. The number of anilines is 1. The Bertz CT molecular complexity index is 2370. The summed E-state index contributed by atoms with van der Waals surface area (Å²) in [5, 5.41) is 10.5. The number of nitrogens with one attached hydrogen (secondary N) is 2. The minimum atomic E-state index is -0.248. The third-order valence-corrected chi connectivity index (χ3v) is 9.01. The Kier molecular flexibility index (Phi) is 6.53. The molecule has 6 aromatic carbocycles. The molecule has 0 aliphatic carbocycles. The zero-order chi connectivity index (χ0) is 31.2. The predicted octanol–water partition coefficient (Wildman–Crippen LogP) is 9.61. The summed E-state index contributed by atoms with van der Waals surface area (Å²) in [4.78, 5) is 10.1. The summed E-state index contributed by atoms with van der Waals surface area (Å²) in [6.07, 6.45) is 2.00. The number of fused-ring (bicyclic) bond motifs is 4. The van der Waals surface area contributed by atoms with Crippen molar-refractivity contribution in [2.45, 2.75) is 6.17 Å². The SMILES string of the molecule is C1=C(c2ccc(-c3ccc(C4=NC(c5ccccc5)=NC(c5ccccc5)N4)c4ccccc34)cc2)c2c(oc3ccccc23)NC1. The maximum absolute atomic E-state index is 6.13. The molecular weight excluding hydrogens is 576 g/mol. The van der Waals surface area contributed by atoms with Crippen molar-refractivity contribution in [2.24, 2.45) is 9.98 Å². The summed E-state index contributed by atoms with van der Waals surface area (Å²) in [5.41, 5.74) is 9.86. The number of rotatable bonds is 5. The first-order valence-electron chi connectivity index (χ1n) is 15.9. The summed E-state index contributed by atoms with van der Waals surface area (Å²) in [6, 6.07) is 50.7. The number of para-hydroxylation sites is 1. The molecule has 0 saturated carbocycles. The largest absolute Gasteiger partial charge is 0.440 e. The van der Waals surface area contributed by atoms with E-state index in [0.29, 0.717) is 0 Å². The van der Waals surface area contributed by atoms with Gasteiger partial charge in [-0.1, -0.05) is 146 Å². The molecule has 47 heavy (non-hydrogen) atoms. The Morgan fingerprint density at radius 1 is 0.574 bits per heavy atom. The molecule has 1 unspecified atom stereocenters. The molecular formula is C42H30N4O. The van der Waals surface area contributed by atoms with E-state index in [-0.39, 0.29) is 6.17 Å². The molecule has 2 aliphatic heterocycles. The molecule has 1 atom stereocenters. The van der Waals surface area contributed by atoms with Crippen LogP contribution in [0.25, 0.3) is 38.4 Å². The molecule has 0 saturated heterocycles. The zero-order valence-corrected chi connectivity index (χ0v) is 25.5. The number of aliphatic imine (C=N–C) groups is 2. The van der Waals surface area contributed by atoms with Crippen LogP contribution in [0, 0.1) is 0 Å². The molecule has 7 aromatic rings. The van der Waals surface area contributed by atoms with Gasteiger partial charge in [0.15, 0.2) is 5.84 Å². The molecule has 2 aliphatic rings. The van der Waals surface area contributed by atoms with E-state index in [9.17, 15) is 0 Å². The number of furan rings is 1. The van der Waals surface area contributed by atoms with Gasteiger partial charge in [-0.15, -0.1) is 0 Å². The Morgan fingerprint density at radius 2 is 1.21 bits per heavy atom. The third kappa shape index (κ3) is 4.80. The lowest BCUT2D eigenvalue weighted by molar-refractivity contribution is 0.627. The molecule has 3 heterocycles. The fraction of sp³-hybridized carbons (Fsp3) is 0.0476. The van der Waals surface area contributed by atoms with Gasteiger partial charge in [-0.25, -0.2) is 9.98 Å². The molecule has 224 valence electrons. The van der Waals surface area contributed by atoms with Gasteiger partial charge in [0.2, 0.25) is 5.88 Å². The van der Waals surface area contributed by atoms with Crippen molar-refractivity contribution in [3.05, 3.63) is 179 Å². The van der Waals surface area contributed by atoms with Crippen LogP contribution in [-0.2, 0) is 0 Å². The average Bonchev–Trinajstić information content (AvgIpc) is 3.54. The van der Waals surface area contributed by atoms with Crippen LogP contribution >= 0.6 is 0 Å². The lowest BCUT2D eigenvalue weighted by Gasteiger charge is -2.24. The fourth-order valence-corrected chi connectivity index (χ4v) is 6.74. The molecule has 0 radical (unpaired) electrons. The van der Waals surface area contributed by atoms with E-state index in [4.69, 9.17) is 14.4 Å². The maximum atomic E-state index is 6.13. The van der Waals surface area contributed by atoms with E-state index < -0.39 is 0 Å². The van der Waals surface area contributed by atoms with E-state index in [1.165, 1.54) is 22.1 Å². The van der Waals surface area contributed by atoms with Gasteiger partial charge < -0.3 is 15.1 Å². The zero-order valence-electron chi connectivity index (χ0n) is 25.5. The van der Waals surface area contributed by atoms with Crippen molar-refractivity contribution >= 4 is 44.9 Å². The minimum absolute atomic E-state index is 0.248. The van der Waals surface area contributed by atoms with Crippen LogP contribution < -0.4 is 10.6 Å². The Labute approximate surface area is 272 Å². The van der Waals surface area contributed by atoms with Crippen LogP contribution in [0.4, 0.5) is 5.88 Å². The first kappa shape index (κ1) is 27.1. The van der Waals surface area contributed by atoms with Crippen LogP contribution in [-0.4, -0.2) is 18.2 Å². The monoisotopic (exact) mass is 606 g/mol. The number of amidine groups is 2. The van der Waals surface area contributed by atoms with E-state index in [0.717, 1.165) is 68.3 Å². The van der Waals surface area contributed by atoms with Crippen molar-refractivity contribution in [2.75, 3.05) is 11.9 Å². The van der Waals surface area contributed by atoms with Crippen molar-refractivity contribution in [3.63, 3.8) is 0 Å². The molecule has 0 bridgehead atoms. The van der Waals surface area contributed by atoms with Crippen LogP contribution in [0.2, 0.25) is 0 Å². The van der Waals surface area contributed by atoms with E-state index in [1.54, 1.807) is 0 Å². The predicted molar refractivity (Wildman–Crippen MR) is 193 cm³/mol. The second-order valence-corrected chi connectivity index (χ2v) is 11.8. The van der Waals surface area contributed by atoms with Crippen LogP contribution in [0.5, 0.6) is 0 Å². The lowest BCUT2D eigenvalue weighted by atomic mass is 9.91. The molecule has 0 amide bonds. The number of hydrogen-bond acceptors (Lipinski definition) is 5. The average molecular weight is 607 g/mol. The molecule has 5 heteroatoms. The molecule has 0 fully saturated rings. The third-order valence-electron chi connectivity index (χ3n) is 9.01. The fourth-order valence-electron chi connectivity index (χ4n) is 6.74. The van der Waals surface area contributed by atoms with Gasteiger partial charge in [0.1, 0.15) is 17.6 Å². The molecule has 1 aromatic heterocycles. The van der Waals surface area contributed by atoms with Crippen molar-refractivity contribution in [3.8, 4) is 11.1 Å². The lowest BCUT2D eigenvalue weighted by Crippen LogP contribution is -2.33. The highest BCUT2D eigenvalue weighted by Gasteiger charge is 2.24. The van der Waals surface area contributed by atoms with Crippen LogP contribution in [0.3, 0.4) is 0 Å². The van der Waals surface area contributed by atoms with Gasteiger partial charge in [-0.05, 0) is 44.7 Å². The summed E-state index contributed by atoms with van der Waals surface area (Å²) in [7, 11) is 0. The van der Waals surface area contributed by atoms with Gasteiger partial charge in [0.25, 0.3) is 0 Å². The molecule has 2 N–H and O–H groups in total. The molecule has 0 spiro atoms. The topological polar surface area (TPSA) is 61.9 Å². The molecule has 9 rings (SSSR count). The maximum Gasteiger partial charge on any atom is 0.202 e. The van der Waals surface area contributed by atoms with Crippen molar-refractivity contribution < 1.29 is 4.42 Å². The van der Waals surface area contributed by atoms with E-state index >= 15 is 0 Å². The minimum Gasteiger partial charge on any atom is -0.440 e. The highest BCUT2D eigenvalue weighted by atomic mass is 16.3. The Morgan fingerprint density at radius 3 is 2.00 bits per heavy atom. The summed E-state index contributed by atoms with van der Waals surface area (Å²) in [5.74, 6) is 2.37. The summed E-state index contributed by atoms with van der Waals surface area (Å²) >= 11 is 0. The Hall–Kier alpha value is -6.20. The van der Waals surface area contributed by atoms with Crippen LogP contribution in [0.15, 0.2) is 166 Å². The highest BCUT2D eigenvalue weighted by Crippen LogP contribution is 2.41. The van der Waals surface area contributed by atoms with Gasteiger partial charge in [0.05, 0.1) is 5.56 Å². The van der Waals surface area contributed by atoms with E-state index in [1.807, 2.05) is 48.5 Å². The van der Waals surface area contributed by atoms with Gasteiger partial charge >= 0.3 is 0 Å². The first-order chi connectivity index (χ1) is 23.3. The van der Waals surface area contributed by atoms with E-state index in [2.05, 4.69) is 114 Å².